The van der Waals surface area contributed by atoms with Gasteiger partial charge in [0.15, 0.2) is 0 Å². The van der Waals surface area contributed by atoms with E-state index in [1.165, 1.54) is 18.2 Å². The number of halogens is 1. The molecule has 4 rings (SSSR count). The molecule has 0 aromatic heterocycles. The molecule has 0 fully saturated rings. The number of rotatable bonds is 4. The van der Waals surface area contributed by atoms with Gasteiger partial charge in [-0.25, -0.2) is 0 Å². The molecule has 3 aromatic rings. The first-order chi connectivity index (χ1) is 14.7. The lowest BCUT2D eigenvalue weighted by atomic mass is 10.2. The van der Waals surface area contributed by atoms with Crippen molar-refractivity contribution in [2.24, 2.45) is 0 Å². The molecule has 0 bridgehead atoms. The summed E-state index contributed by atoms with van der Waals surface area (Å²) in [5, 5.41) is 0. The summed E-state index contributed by atoms with van der Waals surface area (Å²) < 4.78 is 15.9. The zero-order valence-electron chi connectivity index (χ0n) is 17.7. The Morgan fingerprint density at radius 1 is 0.967 bits per heavy atom. The second-order valence-corrected chi connectivity index (χ2v) is 6.69. The molecule has 0 aliphatic carbocycles. The van der Waals surface area contributed by atoms with Crippen LogP contribution in [0.4, 0.5) is 0 Å². The Hall–Kier alpha value is -2.79. The Morgan fingerprint density at radius 2 is 1.57 bits per heavy atom. The van der Waals surface area contributed by atoms with Crippen LogP contribution < -0.4 is 9.47 Å². The number of hydrogen-bond acceptors (Lipinski definition) is 4. The summed E-state index contributed by atoms with van der Waals surface area (Å²) in [6.45, 7) is 5.84. The van der Waals surface area contributed by atoms with Crippen LogP contribution in [-0.4, -0.2) is 20.2 Å². The van der Waals surface area contributed by atoms with E-state index in [4.69, 9.17) is 14.3 Å². The van der Waals surface area contributed by atoms with Crippen molar-refractivity contribution in [2.75, 3.05) is 13.7 Å². The van der Waals surface area contributed by atoms with Gasteiger partial charge in [-0.15, -0.1) is 0 Å². The van der Waals surface area contributed by atoms with Crippen molar-refractivity contribution in [3.05, 3.63) is 94.5 Å². The number of carbonyl (C=O) groups is 1. The van der Waals surface area contributed by atoms with Gasteiger partial charge in [0.05, 0.1) is 13.7 Å². The Morgan fingerprint density at radius 3 is 2.17 bits per heavy atom. The molecule has 4 nitrogen and oxygen atoms in total. The fourth-order valence-corrected chi connectivity index (χ4v) is 2.82. The summed E-state index contributed by atoms with van der Waals surface area (Å²) in [7, 11) is 1.31. The second-order valence-electron chi connectivity index (χ2n) is 5.77. The van der Waals surface area contributed by atoms with Gasteiger partial charge >= 0.3 is 0 Å². The molecule has 3 aromatic carbocycles. The molecule has 0 saturated heterocycles. The molecule has 1 heterocycles. The molecule has 30 heavy (non-hydrogen) atoms. The Bertz CT molecular complexity index is 784. The van der Waals surface area contributed by atoms with Gasteiger partial charge < -0.3 is 14.2 Å². The molecule has 1 aliphatic heterocycles. The van der Waals surface area contributed by atoms with E-state index in [1.807, 2.05) is 74.5 Å². The molecule has 1 aliphatic rings. The maximum Gasteiger partial charge on any atom is 0.292 e. The van der Waals surface area contributed by atoms with E-state index in [9.17, 15) is 0 Å². The molecular weight excluding hydrogens is 444 g/mol. The van der Waals surface area contributed by atoms with Gasteiger partial charge in [0, 0.05) is 10.9 Å². The standard InChI is InChI=1S/C13H12O.C8H7BrO.C2H4O2.C2H6/c1-3-7-12(8-4-1)11-14-13-9-5-2-6-10-13;9-7-1-2-8-6(5-7)3-4-10-8;1-4-2-3;1-2/h1-10H,11H2;1-2,5H,3-4H2;2H,1H3;1-2H3. The molecule has 0 N–H and O–H groups in total. The normalized spacial score (nSPS) is 10.3. The van der Waals surface area contributed by atoms with Gasteiger partial charge in [-0.3, -0.25) is 4.79 Å². The molecule has 0 radical (unpaired) electrons. The van der Waals surface area contributed by atoms with Crippen molar-refractivity contribution in [3.8, 4) is 11.5 Å². The van der Waals surface area contributed by atoms with Gasteiger partial charge in [0.1, 0.15) is 18.1 Å². The third-order valence-electron chi connectivity index (χ3n) is 3.74. The van der Waals surface area contributed by atoms with Gasteiger partial charge in [0.25, 0.3) is 6.47 Å². The van der Waals surface area contributed by atoms with Crippen molar-refractivity contribution in [2.45, 2.75) is 26.9 Å². The maximum absolute atomic E-state index is 8.95. The largest absolute Gasteiger partial charge is 0.493 e. The highest BCUT2D eigenvalue weighted by molar-refractivity contribution is 9.10. The molecular formula is C25H29BrO4. The highest BCUT2D eigenvalue weighted by Gasteiger charge is 2.10. The van der Waals surface area contributed by atoms with Crippen LogP contribution >= 0.6 is 15.9 Å². The van der Waals surface area contributed by atoms with Crippen LogP contribution in [-0.2, 0) is 22.6 Å². The van der Waals surface area contributed by atoms with Crippen LogP contribution in [0.5, 0.6) is 11.5 Å². The second kappa shape index (κ2) is 16.1. The number of carbonyl (C=O) groups excluding carboxylic acids is 1. The minimum Gasteiger partial charge on any atom is -0.493 e. The van der Waals surface area contributed by atoms with Gasteiger partial charge in [-0.1, -0.05) is 78.3 Å². The Balaban J connectivity index is 0.000000246. The van der Waals surface area contributed by atoms with Crippen molar-refractivity contribution in [1.29, 1.82) is 0 Å². The predicted octanol–water partition coefficient (Wildman–Crippen LogP) is 6.47. The average molecular weight is 473 g/mol. The zero-order chi connectivity index (χ0) is 22.0. The molecule has 0 atom stereocenters. The molecule has 0 amide bonds. The summed E-state index contributed by atoms with van der Waals surface area (Å²) in [4.78, 5) is 8.95. The summed E-state index contributed by atoms with van der Waals surface area (Å²) >= 11 is 3.41. The first kappa shape index (κ1) is 25.2. The molecule has 0 saturated carbocycles. The lowest BCUT2D eigenvalue weighted by Crippen LogP contribution is -1.94. The van der Waals surface area contributed by atoms with Crippen LogP contribution in [0.2, 0.25) is 0 Å². The minimum absolute atomic E-state index is 0.375. The third kappa shape index (κ3) is 10.1. The highest BCUT2D eigenvalue weighted by Crippen LogP contribution is 2.27. The van der Waals surface area contributed by atoms with Crippen molar-refractivity contribution < 1.29 is 19.0 Å². The summed E-state index contributed by atoms with van der Waals surface area (Å²) in [6, 6.07) is 26.1. The molecule has 0 unspecified atom stereocenters. The zero-order valence-corrected chi connectivity index (χ0v) is 19.3. The van der Waals surface area contributed by atoms with E-state index < -0.39 is 0 Å². The minimum atomic E-state index is 0.375. The van der Waals surface area contributed by atoms with E-state index in [1.54, 1.807) is 0 Å². The summed E-state index contributed by atoms with van der Waals surface area (Å²) in [5.41, 5.74) is 2.51. The summed E-state index contributed by atoms with van der Waals surface area (Å²) in [5.74, 6) is 1.96. The van der Waals surface area contributed by atoms with Gasteiger partial charge in [-0.2, -0.15) is 0 Å². The number of methoxy groups -OCH3 is 1. The number of ether oxygens (including phenoxy) is 3. The number of fused-ring (bicyclic) bond motifs is 1. The lowest BCUT2D eigenvalue weighted by Gasteiger charge is -2.05. The number of para-hydroxylation sites is 1. The molecule has 0 spiro atoms. The van der Waals surface area contributed by atoms with Gasteiger partial charge in [-0.05, 0) is 41.5 Å². The van der Waals surface area contributed by atoms with E-state index >= 15 is 0 Å². The van der Waals surface area contributed by atoms with Crippen LogP contribution in [0.15, 0.2) is 83.3 Å². The molecule has 5 heteroatoms. The van der Waals surface area contributed by atoms with Gasteiger partial charge in [0.2, 0.25) is 0 Å². The summed E-state index contributed by atoms with van der Waals surface area (Å²) in [6.07, 6.45) is 1.05. The van der Waals surface area contributed by atoms with Crippen LogP contribution in [0.25, 0.3) is 0 Å². The lowest BCUT2D eigenvalue weighted by molar-refractivity contribution is -0.126. The highest BCUT2D eigenvalue weighted by atomic mass is 79.9. The van der Waals surface area contributed by atoms with Crippen molar-refractivity contribution in [1.82, 2.24) is 0 Å². The topological polar surface area (TPSA) is 44.8 Å². The maximum atomic E-state index is 8.95. The quantitative estimate of drug-likeness (QED) is 0.408. The Kier molecular flexibility index (Phi) is 13.5. The smallest absolute Gasteiger partial charge is 0.292 e. The monoisotopic (exact) mass is 472 g/mol. The predicted molar refractivity (Wildman–Crippen MR) is 125 cm³/mol. The fraction of sp³-hybridized carbons (Fsp3) is 0.240. The van der Waals surface area contributed by atoms with E-state index in [-0.39, 0.29) is 0 Å². The SMILES string of the molecule is Brc1ccc2c(c1)CCO2.CC.COC=O.c1ccc(COc2ccccc2)cc1. The first-order valence-corrected chi connectivity index (χ1v) is 10.6. The van der Waals surface area contributed by atoms with Crippen molar-refractivity contribution >= 4 is 22.4 Å². The van der Waals surface area contributed by atoms with E-state index in [0.717, 1.165) is 29.0 Å². The third-order valence-corrected chi connectivity index (χ3v) is 4.23. The number of hydrogen-bond donors (Lipinski definition) is 0. The molecule has 160 valence electrons. The van der Waals surface area contributed by atoms with Crippen LogP contribution in [0.1, 0.15) is 25.0 Å². The Labute approximate surface area is 187 Å². The van der Waals surface area contributed by atoms with Crippen LogP contribution in [0, 0.1) is 0 Å². The van der Waals surface area contributed by atoms with E-state index in [0.29, 0.717) is 13.1 Å². The first-order valence-electron chi connectivity index (χ1n) is 9.82. The van der Waals surface area contributed by atoms with Crippen molar-refractivity contribution in [3.63, 3.8) is 0 Å². The fourth-order valence-electron chi connectivity index (χ4n) is 2.41. The van der Waals surface area contributed by atoms with E-state index in [2.05, 4.69) is 38.9 Å². The number of benzene rings is 3. The average Bonchev–Trinajstić information content (AvgIpc) is 3.29. The van der Waals surface area contributed by atoms with Crippen LogP contribution in [0.3, 0.4) is 0 Å².